The standard InChI is InChI=1S/C29H38N6O6/c1-18(2)15-19-9-7-12-21-26(19)33-24(30-21)17-35-14-8-13-23(28(35)39)31-27(38)22(32-29(40)41)11-6-5-10-20(36)16-25(37)34(3)4/h5,7-10,12-14,18,22,25,32,37H,6,11,15-17H2,1-4H3,(H,30,33)(H,31,38)(H,40,41)/b10-5+. The number of hydrogen-bond acceptors (Lipinski definition) is 7. The molecule has 12 heteroatoms. The van der Waals surface area contributed by atoms with E-state index in [1.54, 1.807) is 26.4 Å². The number of anilines is 1. The summed E-state index contributed by atoms with van der Waals surface area (Å²) in [6, 6.07) is 7.84. The molecular weight excluding hydrogens is 528 g/mol. The number of nitrogens with one attached hydrogen (secondary N) is 3. The summed E-state index contributed by atoms with van der Waals surface area (Å²) in [6.45, 7) is 4.43. The fraction of sp³-hybridized carbons (Fsp3) is 0.414. The first-order valence-electron chi connectivity index (χ1n) is 13.4. The first-order valence-corrected chi connectivity index (χ1v) is 13.4. The van der Waals surface area contributed by atoms with Crippen molar-refractivity contribution in [2.75, 3.05) is 19.4 Å². The molecule has 3 aromatic rings. The fourth-order valence-corrected chi connectivity index (χ4v) is 4.29. The Morgan fingerprint density at radius 3 is 2.61 bits per heavy atom. The summed E-state index contributed by atoms with van der Waals surface area (Å²) in [6.07, 6.45) is 3.14. The van der Waals surface area contributed by atoms with E-state index in [1.807, 2.05) is 18.2 Å². The Bertz CT molecular complexity index is 1460. The summed E-state index contributed by atoms with van der Waals surface area (Å²) in [5.74, 6) is 0.0475. The summed E-state index contributed by atoms with van der Waals surface area (Å²) < 4.78 is 1.41. The maximum Gasteiger partial charge on any atom is 0.405 e. The molecule has 0 aliphatic heterocycles. The van der Waals surface area contributed by atoms with E-state index in [2.05, 4.69) is 29.5 Å². The molecule has 5 N–H and O–H groups in total. The van der Waals surface area contributed by atoms with Crippen molar-refractivity contribution in [2.24, 2.45) is 5.92 Å². The van der Waals surface area contributed by atoms with Gasteiger partial charge in [-0.1, -0.05) is 32.1 Å². The highest BCUT2D eigenvalue weighted by atomic mass is 16.4. The lowest BCUT2D eigenvalue weighted by molar-refractivity contribution is -0.119. The molecule has 3 rings (SSSR count). The molecule has 1 aromatic carbocycles. The van der Waals surface area contributed by atoms with Crippen molar-refractivity contribution in [3.63, 3.8) is 0 Å². The van der Waals surface area contributed by atoms with Gasteiger partial charge >= 0.3 is 6.09 Å². The van der Waals surface area contributed by atoms with Crippen molar-refractivity contribution < 1.29 is 24.6 Å². The van der Waals surface area contributed by atoms with E-state index >= 15 is 0 Å². The number of para-hydroxylation sites is 1. The number of aromatic amines is 1. The lowest BCUT2D eigenvalue weighted by atomic mass is 10.0. The molecule has 0 aliphatic rings. The number of aliphatic hydroxyl groups is 1. The molecule has 2 atom stereocenters. The molecule has 2 heterocycles. The van der Waals surface area contributed by atoms with E-state index in [1.165, 1.54) is 27.7 Å². The van der Waals surface area contributed by atoms with Gasteiger partial charge in [0.15, 0.2) is 5.78 Å². The predicted octanol–water partition coefficient (Wildman–Crippen LogP) is 2.72. The second kappa shape index (κ2) is 14.4. The molecule has 0 spiro atoms. The van der Waals surface area contributed by atoms with E-state index in [-0.39, 0.29) is 37.3 Å². The third-order valence-corrected chi connectivity index (χ3v) is 6.39. The molecule has 2 unspecified atom stereocenters. The SMILES string of the molecule is CC(C)Cc1cccc2[nH]c(Cn3cccc(NC(=O)C(CC/C=C/C(=O)CC(O)N(C)C)NC(=O)O)c3=O)nc12. The molecular formula is C29H38N6O6. The molecule has 12 nitrogen and oxygen atoms in total. The van der Waals surface area contributed by atoms with Crippen LogP contribution in [0.2, 0.25) is 0 Å². The van der Waals surface area contributed by atoms with Gasteiger partial charge in [0, 0.05) is 12.6 Å². The van der Waals surface area contributed by atoms with Gasteiger partial charge in [-0.05, 0) is 69.1 Å². The number of carboxylic acid groups (broad SMARTS) is 1. The minimum Gasteiger partial charge on any atom is -0.465 e. The quantitative estimate of drug-likeness (QED) is 0.147. The highest BCUT2D eigenvalue weighted by Crippen LogP contribution is 2.20. The number of carbonyl (C=O) groups excluding carboxylic acids is 2. The Morgan fingerprint density at radius 2 is 1.93 bits per heavy atom. The van der Waals surface area contributed by atoms with Crippen molar-refractivity contribution in [2.45, 2.75) is 58.3 Å². The lowest BCUT2D eigenvalue weighted by Crippen LogP contribution is -2.44. The second-order valence-electron chi connectivity index (χ2n) is 10.5. The Kier molecular flexibility index (Phi) is 11.0. The number of H-pyrrole nitrogens is 1. The number of ketones is 1. The van der Waals surface area contributed by atoms with Crippen molar-refractivity contribution in [3.05, 3.63) is 70.4 Å². The number of carbonyl (C=O) groups is 3. The molecule has 0 saturated carbocycles. The number of allylic oxidation sites excluding steroid dienone is 2. The Hall–Kier alpha value is -4.29. The van der Waals surface area contributed by atoms with E-state index in [0.717, 1.165) is 23.0 Å². The van der Waals surface area contributed by atoms with Crippen LogP contribution < -0.4 is 16.2 Å². The van der Waals surface area contributed by atoms with Crippen LogP contribution in [0, 0.1) is 5.92 Å². The van der Waals surface area contributed by atoms with Crippen LogP contribution in [0.1, 0.15) is 44.5 Å². The minimum atomic E-state index is -1.40. The molecule has 41 heavy (non-hydrogen) atoms. The van der Waals surface area contributed by atoms with E-state index in [9.17, 15) is 29.4 Å². The predicted molar refractivity (Wildman–Crippen MR) is 156 cm³/mol. The smallest absolute Gasteiger partial charge is 0.405 e. The largest absolute Gasteiger partial charge is 0.465 e. The first-order chi connectivity index (χ1) is 19.4. The summed E-state index contributed by atoms with van der Waals surface area (Å²) in [4.78, 5) is 58.8. The molecule has 0 radical (unpaired) electrons. The maximum atomic E-state index is 13.1. The fourth-order valence-electron chi connectivity index (χ4n) is 4.29. The van der Waals surface area contributed by atoms with Crippen molar-refractivity contribution >= 4 is 34.5 Å². The van der Waals surface area contributed by atoms with Crippen LogP contribution in [0.25, 0.3) is 11.0 Å². The van der Waals surface area contributed by atoms with Gasteiger partial charge in [0.2, 0.25) is 5.91 Å². The van der Waals surface area contributed by atoms with E-state index < -0.39 is 29.8 Å². The number of amides is 2. The van der Waals surface area contributed by atoms with Gasteiger partial charge in [-0.15, -0.1) is 0 Å². The zero-order chi connectivity index (χ0) is 30.1. The number of aliphatic hydroxyl groups excluding tert-OH is 1. The number of fused-ring (bicyclic) bond motifs is 1. The normalized spacial score (nSPS) is 13.1. The second-order valence-corrected chi connectivity index (χ2v) is 10.5. The summed E-state index contributed by atoms with van der Waals surface area (Å²) in [5.41, 5.74) is 2.39. The lowest BCUT2D eigenvalue weighted by Gasteiger charge is -2.17. The first kappa shape index (κ1) is 31.2. The van der Waals surface area contributed by atoms with Crippen LogP contribution in [0.3, 0.4) is 0 Å². The summed E-state index contributed by atoms with van der Waals surface area (Å²) in [5, 5.41) is 23.7. The minimum absolute atomic E-state index is 0.00492. The number of hydrogen-bond donors (Lipinski definition) is 5. The molecule has 0 bridgehead atoms. The third-order valence-electron chi connectivity index (χ3n) is 6.39. The summed E-state index contributed by atoms with van der Waals surface area (Å²) >= 11 is 0. The molecule has 220 valence electrons. The van der Waals surface area contributed by atoms with Crippen LogP contribution in [0.5, 0.6) is 0 Å². The number of rotatable bonds is 14. The van der Waals surface area contributed by atoms with E-state index in [0.29, 0.717) is 11.7 Å². The molecule has 0 aliphatic carbocycles. The zero-order valence-electron chi connectivity index (χ0n) is 23.8. The molecule has 0 saturated heterocycles. The maximum absolute atomic E-state index is 13.1. The highest BCUT2D eigenvalue weighted by Gasteiger charge is 2.21. The highest BCUT2D eigenvalue weighted by molar-refractivity contribution is 5.96. The third kappa shape index (κ3) is 9.12. The Balaban J connectivity index is 1.69. The van der Waals surface area contributed by atoms with Gasteiger partial charge in [0.05, 0.1) is 17.6 Å². The summed E-state index contributed by atoms with van der Waals surface area (Å²) in [7, 11) is 3.29. The van der Waals surface area contributed by atoms with E-state index in [4.69, 9.17) is 4.98 Å². The van der Waals surface area contributed by atoms with Gasteiger partial charge in [0.25, 0.3) is 5.56 Å². The van der Waals surface area contributed by atoms with Crippen molar-refractivity contribution in [1.29, 1.82) is 0 Å². The number of nitrogens with zero attached hydrogens (tertiary/aromatic N) is 3. The molecule has 0 fully saturated rings. The van der Waals surface area contributed by atoms with Crippen LogP contribution in [-0.2, 0) is 22.6 Å². The van der Waals surface area contributed by atoms with Crippen LogP contribution in [0.4, 0.5) is 10.5 Å². The average Bonchev–Trinajstić information content (AvgIpc) is 3.31. The van der Waals surface area contributed by atoms with Crippen molar-refractivity contribution in [3.8, 4) is 0 Å². The molecule has 2 amide bonds. The zero-order valence-corrected chi connectivity index (χ0v) is 23.8. The van der Waals surface area contributed by atoms with Gasteiger partial charge < -0.3 is 30.4 Å². The topological polar surface area (TPSA) is 170 Å². The number of imidazole rings is 1. The van der Waals surface area contributed by atoms with Crippen LogP contribution in [0.15, 0.2) is 53.5 Å². The number of aromatic nitrogens is 3. The van der Waals surface area contributed by atoms with Gasteiger partial charge in [-0.3, -0.25) is 19.3 Å². The van der Waals surface area contributed by atoms with Gasteiger partial charge in [-0.25, -0.2) is 9.78 Å². The average molecular weight is 567 g/mol. The number of benzene rings is 1. The van der Waals surface area contributed by atoms with Crippen LogP contribution >= 0.6 is 0 Å². The molecule has 2 aromatic heterocycles. The van der Waals surface area contributed by atoms with Gasteiger partial charge in [0.1, 0.15) is 23.8 Å². The monoisotopic (exact) mass is 566 g/mol. The number of pyridine rings is 1. The Morgan fingerprint density at radius 1 is 1.17 bits per heavy atom. The van der Waals surface area contributed by atoms with Crippen molar-refractivity contribution in [1.82, 2.24) is 24.8 Å². The van der Waals surface area contributed by atoms with Gasteiger partial charge in [-0.2, -0.15) is 0 Å². The Labute approximate surface area is 238 Å². The van der Waals surface area contributed by atoms with Crippen LogP contribution in [-0.4, -0.2) is 73.8 Å².